The fourth-order valence-electron chi connectivity index (χ4n) is 1.46. The van der Waals surface area contributed by atoms with Crippen molar-refractivity contribution in [2.45, 2.75) is 38.3 Å². The maximum Gasteiger partial charge on any atom is 0.275 e. The van der Waals surface area contributed by atoms with Crippen LogP contribution in [0.4, 0.5) is 0 Å². The quantitative estimate of drug-likeness (QED) is 0.555. The highest BCUT2D eigenvalue weighted by Crippen LogP contribution is 2.13. The molecule has 4 heteroatoms. The minimum absolute atomic E-state index is 0. The highest BCUT2D eigenvalue weighted by Gasteiger charge is 2.37. The summed E-state index contributed by atoms with van der Waals surface area (Å²) in [4.78, 5) is 10.7. The summed E-state index contributed by atoms with van der Waals surface area (Å²) < 4.78 is 0. The molecule has 1 heterocycles. The van der Waals surface area contributed by atoms with Crippen LogP contribution in [0.1, 0.15) is 26.7 Å². The third-order valence-corrected chi connectivity index (χ3v) is 2.12. The van der Waals surface area contributed by atoms with Gasteiger partial charge < -0.3 is 11.1 Å². The van der Waals surface area contributed by atoms with Crippen LogP contribution in [0.2, 0.25) is 0 Å². The van der Waals surface area contributed by atoms with Crippen LogP contribution in [0.25, 0.3) is 0 Å². The Kier molecular flexibility index (Phi) is 3.32. The Morgan fingerprint density at radius 1 is 1.64 bits per heavy atom. The normalized spacial score (nSPS) is 27.6. The second kappa shape index (κ2) is 3.41. The fraction of sp³-hybridized carbons (Fsp3) is 0.857. The maximum atomic E-state index is 10.7. The number of carbonyl (C=O) groups excluding carboxylic acids is 1. The molecule has 3 nitrogen and oxygen atoms in total. The molecule has 1 saturated heterocycles. The van der Waals surface area contributed by atoms with Gasteiger partial charge in [0.2, 0.25) is 0 Å². The molecule has 1 amide bonds. The van der Waals surface area contributed by atoms with Gasteiger partial charge in [-0.1, -0.05) is 0 Å². The van der Waals surface area contributed by atoms with E-state index in [1.807, 2.05) is 0 Å². The van der Waals surface area contributed by atoms with Crippen molar-refractivity contribution in [2.24, 2.45) is 5.73 Å². The van der Waals surface area contributed by atoms with E-state index in [0.717, 1.165) is 12.8 Å². The van der Waals surface area contributed by atoms with Crippen LogP contribution >= 0.6 is 12.4 Å². The average Bonchev–Trinajstić information content (AvgIpc) is 2.10. The van der Waals surface area contributed by atoms with Gasteiger partial charge in [0.15, 0.2) is 6.04 Å². The second-order valence-corrected chi connectivity index (χ2v) is 3.70. The lowest BCUT2D eigenvalue weighted by Crippen LogP contribution is -2.97. The predicted octanol–water partition coefficient (Wildman–Crippen LogP) is -0.602. The van der Waals surface area contributed by atoms with Crippen LogP contribution in [0.5, 0.6) is 0 Å². The summed E-state index contributed by atoms with van der Waals surface area (Å²) >= 11 is 0. The number of quaternary nitrogens is 1. The molecule has 0 radical (unpaired) electrons. The largest absolute Gasteiger partial charge is 0.365 e. The fourth-order valence-corrected chi connectivity index (χ4v) is 1.46. The zero-order valence-corrected chi connectivity index (χ0v) is 7.78. The Labute approximate surface area is 73.1 Å². The van der Waals surface area contributed by atoms with Gasteiger partial charge in [-0.3, -0.25) is 4.79 Å². The molecule has 0 aromatic carbocycles. The van der Waals surface area contributed by atoms with Gasteiger partial charge in [0.1, 0.15) is 0 Å². The predicted molar refractivity (Wildman–Crippen MR) is 45.5 cm³/mol. The van der Waals surface area contributed by atoms with Crippen LogP contribution in [0, 0.1) is 0 Å². The van der Waals surface area contributed by atoms with Crippen LogP contribution in [-0.4, -0.2) is 17.5 Å². The molecule has 0 aliphatic carbocycles. The van der Waals surface area contributed by atoms with Crippen molar-refractivity contribution in [1.82, 2.24) is 0 Å². The van der Waals surface area contributed by atoms with E-state index in [2.05, 4.69) is 19.2 Å². The molecule has 1 aliphatic rings. The van der Waals surface area contributed by atoms with E-state index in [9.17, 15) is 4.79 Å². The number of hydrogen-bond acceptors (Lipinski definition) is 1. The molecular weight excluding hydrogens is 164 g/mol. The first-order valence-electron chi connectivity index (χ1n) is 3.67. The molecule has 0 bridgehead atoms. The third kappa shape index (κ3) is 2.67. The van der Waals surface area contributed by atoms with Gasteiger partial charge in [0.25, 0.3) is 5.91 Å². The monoisotopic (exact) mass is 179 g/mol. The summed E-state index contributed by atoms with van der Waals surface area (Å²) in [6.45, 7) is 4.27. The van der Waals surface area contributed by atoms with Crippen LogP contribution < -0.4 is 11.1 Å². The number of carbonyl (C=O) groups is 1. The average molecular weight is 180 g/mol. The molecule has 0 aromatic heterocycles. The Morgan fingerprint density at radius 3 is 2.36 bits per heavy atom. The van der Waals surface area contributed by atoms with Crippen LogP contribution in [0.3, 0.4) is 0 Å². The number of halogens is 1. The van der Waals surface area contributed by atoms with Gasteiger partial charge in [0.05, 0.1) is 5.54 Å². The summed E-state index contributed by atoms with van der Waals surface area (Å²) in [7, 11) is 0. The first-order chi connectivity index (χ1) is 4.51. The summed E-state index contributed by atoms with van der Waals surface area (Å²) in [6, 6.07) is 0.0231. The molecule has 1 atom stereocenters. The first-order valence-corrected chi connectivity index (χ1v) is 3.67. The number of rotatable bonds is 1. The van der Waals surface area contributed by atoms with Gasteiger partial charge in [-0.15, -0.1) is 12.4 Å². The van der Waals surface area contributed by atoms with Gasteiger partial charge in [-0.25, -0.2) is 0 Å². The van der Waals surface area contributed by atoms with Gasteiger partial charge in [-0.2, -0.15) is 0 Å². The molecular formula is C7H16ClN2O+. The molecule has 1 rings (SSSR count). The molecule has 11 heavy (non-hydrogen) atoms. The lowest BCUT2D eigenvalue weighted by molar-refractivity contribution is -0.719. The van der Waals surface area contributed by atoms with E-state index in [-0.39, 0.29) is 29.9 Å². The van der Waals surface area contributed by atoms with Crippen molar-refractivity contribution < 1.29 is 10.1 Å². The topological polar surface area (TPSA) is 59.7 Å². The van der Waals surface area contributed by atoms with Crippen LogP contribution in [0.15, 0.2) is 0 Å². The molecule has 0 spiro atoms. The lowest BCUT2D eigenvalue weighted by Gasteiger charge is -2.14. The zero-order chi connectivity index (χ0) is 7.78. The van der Waals surface area contributed by atoms with Crippen molar-refractivity contribution in [3.05, 3.63) is 0 Å². The molecule has 0 aromatic rings. The van der Waals surface area contributed by atoms with Crippen molar-refractivity contribution in [3.8, 4) is 0 Å². The lowest BCUT2D eigenvalue weighted by atomic mass is 10.0. The van der Waals surface area contributed by atoms with Crippen molar-refractivity contribution in [1.29, 1.82) is 0 Å². The number of hydrogen-bond donors (Lipinski definition) is 2. The number of amides is 1. The standard InChI is InChI=1S/C7H14N2O.ClH/c1-7(2)4-3-5(9-7)6(8)10;/h5,9H,3-4H2,1-2H3,(H2,8,10);1H/p+1. The van der Waals surface area contributed by atoms with E-state index in [1.165, 1.54) is 0 Å². The SMILES string of the molecule is CC1(C)CCC(C(N)=O)[NH2+]1.Cl. The Hall–Kier alpha value is -0.280. The van der Waals surface area contributed by atoms with E-state index in [4.69, 9.17) is 5.73 Å². The van der Waals surface area contributed by atoms with Crippen molar-refractivity contribution >= 4 is 18.3 Å². The Balaban J connectivity index is 0.000001000. The summed E-state index contributed by atoms with van der Waals surface area (Å²) in [6.07, 6.45) is 2.02. The molecule has 66 valence electrons. The molecule has 4 N–H and O–H groups in total. The highest BCUT2D eigenvalue weighted by molar-refractivity contribution is 5.85. The summed E-state index contributed by atoms with van der Waals surface area (Å²) in [5.41, 5.74) is 5.37. The second-order valence-electron chi connectivity index (χ2n) is 3.70. The molecule has 1 fully saturated rings. The summed E-state index contributed by atoms with van der Waals surface area (Å²) in [5, 5.41) is 2.06. The van der Waals surface area contributed by atoms with Crippen LogP contribution in [-0.2, 0) is 4.79 Å². The van der Waals surface area contributed by atoms with Gasteiger partial charge in [-0.05, 0) is 13.8 Å². The smallest absolute Gasteiger partial charge is 0.275 e. The maximum absolute atomic E-state index is 10.7. The minimum Gasteiger partial charge on any atom is -0.365 e. The van der Waals surface area contributed by atoms with Gasteiger partial charge >= 0.3 is 0 Å². The van der Waals surface area contributed by atoms with Crippen molar-refractivity contribution in [2.75, 3.05) is 0 Å². The first kappa shape index (κ1) is 10.7. The third-order valence-electron chi connectivity index (χ3n) is 2.12. The summed E-state index contributed by atoms with van der Waals surface area (Å²) in [5.74, 6) is -0.175. The minimum atomic E-state index is -0.175. The van der Waals surface area contributed by atoms with Crippen molar-refractivity contribution in [3.63, 3.8) is 0 Å². The van der Waals surface area contributed by atoms with E-state index < -0.39 is 0 Å². The number of nitrogens with two attached hydrogens (primary N) is 2. The van der Waals surface area contributed by atoms with E-state index in [1.54, 1.807) is 0 Å². The molecule has 0 saturated carbocycles. The number of primary amides is 1. The Bertz CT molecular complexity index is 159. The molecule has 1 unspecified atom stereocenters. The van der Waals surface area contributed by atoms with Gasteiger partial charge in [0, 0.05) is 12.8 Å². The highest BCUT2D eigenvalue weighted by atomic mass is 35.5. The Morgan fingerprint density at radius 2 is 2.18 bits per heavy atom. The van der Waals surface area contributed by atoms with E-state index >= 15 is 0 Å². The molecule has 1 aliphatic heterocycles. The van der Waals surface area contributed by atoms with E-state index in [0.29, 0.717) is 0 Å². The zero-order valence-electron chi connectivity index (χ0n) is 6.96.